The zero-order chi connectivity index (χ0) is 18.9. The highest BCUT2D eigenvalue weighted by Gasteiger charge is 2.09. The highest BCUT2D eigenvalue weighted by molar-refractivity contribution is 14.0. The van der Waals surface area contributed by atoms with Crippen LogP contribution in [0.25, 0.3) is 0 Å². The van der Waals surface area contributed by atoms with E-state index in [1.165, 1.54) is 6.26 Å². The van der Waals surface area contributed by atoms with Crippen molar-refractivity contribution >= 4 is 39.8 Å². The zero-order valence-electron chi connectivity index (χ0n) is 16.2. The molecule has 0 saturated carbocycles. The van der Waals surface area contributed by atoms with Gasteiger partial charge in [0.05, 0.1) is 18.4 Å². The van der Waals surface area contributed by atoms with Crippen molar-refractivity contribution in [1.29, 1.82) is 0 Å². The Morgan fingerprint density at radius 2 is 2.00 bits per heavy atom. The molecule has 1 heterocycles. The lowest BCUT2D eigenvalue weighted by molar-refractivity contribution is 0.232. The van der Waals surface area contributed by atoms with Crippen molar-refractivity contribution in [3.8, 4) is 5.88 Å². The van der Waals surface area contributed by atoms with Gasteiger partial charge in [0.15, 0.2) is 5.96 Å². The minimum atomic E-state index is -2.96. The summed E-state index contributed by atoms with van der Waals surface area (Å²) in [6.07, 6.45) is 3.62. The van der Waals surface area contributed by atoms with Crippen LogP contribution in [0.5, 0.6) is 5.88 Å². The van der Waals surface area contributed by atoms with E-state index in [2.05, 4.69) is 20.6 Å². The van der Waals surface area contributed by atoms with Crippen LogP contribution in [0.3, 0.4) is 0 Å². The molecule has 0 amide bonds. The lowest BCUT2D eigenvalue weighted by atomic mass is 10.2. The van der Waals surface area contributed by atoms with E-state index in [0.717, 1.165) is 12.1 Å². The van der Waals surface area contributed by atoms with Gasteiger partial charge in [-0.2, -0.15) is 0 Å². The number of aliphatic imine (C=N–C) groups is 1. The normalized spacial score (nSPS) is 13.1. The minimum Gasteiger partial charge on any atom is -0.475 e. The van der Waals surface area contributed by atoms with Crippen LogP contribution in [0, 0.1) is 0 Å². The molecule has 0 aromatic carbocycles. The van der Waals surface area contributed by atoms with Gasteiger partial charge in [0.25, 0.3) is 0 Å². The summed E-state index contributed by atoms with van der Waals surface area (Å²) in [5.74, 6) is 1.41. The molecule has 1 aromatic heterocycles. The molecule has 0 aliphatic carbocycles. The Kier molecular flexibility index (Phi) is 11.8. The van der Waals surface area contributed by atoms with Crippen LogP contribution < -0.4 is 15.4 Å². The Labute approximate surface area is 174 Å². The predicted octanol–water partition coefficient (Wildman–Crippen LogP) is 2.37. The highest BCUT2D eigenvalue weighted by atomic mass is 127. The number of ether oxygens (including phenoxy) is 1. The SMILES string of the molecule is CCNC(=NCc1ccc(OC(C)C)nc1)NC(C)CCS(C)(=O)=O.I. The third kappa shape index (κ3) is 11.5. The van der Waals surface area contributed by atoms with Crippen molar-refractivity contribution in [2.24, 2.45) is 4.99 Å². The summed E-state index contributed by atoms with van der Waals surface area (Å²) in [7, 11) is -2.96. The van der Waals surface area contributed by atoms with Crippen LogP contribution in [0.15, 0.2) is 23.3 Å². The molecule has 1 unspecified atom stereocenters. The summed E-state index contributed by atoms with van der Waals surface area (Å²) in [5, 5.41) is 6.39. The van der Waals surface area contributed by atoms with E-state index in [-0.39, 0.29) is 41.9 Å². The Balaban J connectivity index is 0.00000625. The molecule has 0 aliphatic heterocycles. The summed E-state index contributed by atoms with van der Waals surface area (Å²) < 4.78 is 28.0. The second-order valence-electron chi connectivity index (χ2n) is 6.33. The van der Waals surface area contributed by atoms with Crippen LogP contribution in [-0.4, -0.2) is 50.1 Å². The Bertz CT molecular complexity index is 648. The number of guanidine groups is 1. The third-order valence-corrected chi connectivity index (χ3v) is 4.20. The van der Waals surface area contributed by atoms with Crippen molar-refractivity contribution in [2.45, 2.75) is 52.8 Å². The first kappa shape index (κ1) is 24.9. The fraction of sp³-hybridized carbons (Fsp3) is 0.647. The Morgan fingerprint density at radius 3 is 2.50 bits per heavy atom. The molecule has 150 valence electrons. The van der Waals surface area contributed by atoms with Crippen LogP contribution in [-0.2, 0) is 16.4 Å². The molecule has 0 bridgehead atoms. The van der Waals surface area contributed by atoms with Gasteiger partial charge in [0.2, 0.25) is 5.88 Å². The molecule has 9 heteroatoms. The first-order chi connectivity index (χ1) is 11.7. The van der Waals surface area contributed by atoms with Crippen molar-refractivity contribution < 1.29 is 13.2 Å². The average Bonchev–Trinajstić information content (AvgIpc) is 2.51. The smallest absolute Gasteiger partial charge is 0.213 e. The second kappa shape index (κ2) is 12.3. The van der Waals surface area contributed by atoms with Gasteiger partial charge in [-0.05, 0) is 39.7 Å². The molecule has 1 rings (SSSR count). The molecule has 0 aliphatic rings. The maximum atomic E-state index is 11.3. The van der Waals surface area contributed by atoms with Crippen molar-refractivity contribution in [3.63, 3.8) is 0 Å². The number of pyridine rings is 1. The molecule has 0 saturated heterocycles. The van der Waals surface area contributed by atoms with Gasteiger partial charge >= 0.3 is 0 Å². The quantitative estimate of drug-likeness (QED) is 0.309. The molecule has 1 aromatic rings. The van der Waals surface area contributed by atoms with Gasteiger partial charge in [0.1, 0.15) is 9.84 Å². The summed E-state index contributed by atoms with van der Waals surface area (Å²) in [6.45, 7) is 9.04. The van der Waals surface area contributed by atoms with Crippen LogP contribution in [0.4, 0.5) is 0 Å². The summed E-state index contributed by atoms with van der Waals surface area (Å²) in [6, 6.07) is 3.78. The molecular weight excluding hydrogens is 467 g/mol. The molecule has 0 radical (unpaired) electrons. The topological polar surface area (TPSA) is 92.7 Å². The molecule has 0 spiro atoms. The van der Waals surface area contributed by atoms with Gasteiger partial charge in [-0.3, -0.25) is 0 Å². The van der Waals surface area contributed by atoms with Crippen LogP contribution >= 0.6 is 24.0 Å². The van der Waals surface area contributed by atoms with E-state index >= 15 is 0 Å². The van der Waals surface area contributed by atoms with Crippen LogP contribution in [0.2, 0.25) is 0 Å². The minimum absolute atomic E-state index is 0. The predicted molar refractivity (Wildman–Crippen MR) is 117 cm³/mol. The van der Waals surface area contributed by atoms with Gasteiger partial charge in [-0.1, -0.05) is 6.07 Å². The first-order valence-corrected chi connectivity index (χ1v) is 10.6. The van der Waals surface area contributed by atoms with Crippen LogP contribution in [0.1, 0.15) is 39.7 Å². The van der Waals surface area contributed by atoms with E-state index in [1.54, 1.807) is 6.20 Å². The van der Waals surface area contributed by atoms with Crippen molar-refractivity contribution in [3.05, 3.63) is 23.9 Å². The van der Waals surface area contributed by atoms with Gasteiger partial charge in [-0.15, -0.1) is 24.0 Å². The van der Waals surface area contributed by atoms with Gasteiger partial charge < -0.3 is 15.4 Å². The first-order valence-electron chi connectivity index (χ1n) is 8.53. The molecule has 2 N–H and O–H groups in total. The average molecular weight is 498 g/mol. The van der Waals surface area contributed by atoms with E-state index in [0.29, 0.717) is 24.8 Å². The highest BCUT2D eigenvalue weighted by Crippen LogP contribution is 2.10. The fourth-order valence-corrected chi connectivity index (χ4v) is 2.78. The number of aromatic nitrogens is 1. The van der Waals surface area contributed by atoms with E-state index in [1.807, 2.05) is 39.8 Å². The maximum Gasteiger partial charge on any atom is 0.213 e. The lowest BCUT2D eigenvalue weighted by Crippen LogP contribution is -2.42. The monoisotopic (exact) mass is 498 g/mol. The number of halogens is 1. The van der Waals surface area contributed by atoms with Gasteiger partial charge in [0, 0.05) is 31.1 Å². The fourth-order valence-electron chi connectivity index (χ4n) is 2.00. The molecule has 1 atom stereocenters. The Hall–Kier alpha value is -1.10. The summed E-state index contributed by atoms with van der Waals surface area (Å²) >= 11 is 0. The van der Waals surface area contributed by atoms with E-state index < -0.39 is 9.84 Å². The van der Waals surface area contributed by atoms with Crippen molar-refractivity contribution in [2.75, 3.05) is 18.6 Å². The maximum absolute atomic E-state index is 11.3. The number of rotatable bonds is 9. The zero-order valence-corrected chi connectivity index (χ0v) is 19.3. The number of nitrogens with zero attached hydrogens (tertiary/aromatic N) is 2. The van der Waals surface area contributed by atoms with E-state index in [9.17, 15) is 8.42 Å². The summed E-state index contributed by atoms with van der Waals surface area (Å²) in [4.78, 5) is 8.78. The number of sulfone groups is 1. The molecular formula is C17H31IN4O3S. The number of hydrogen-bond acceptors (Lipinski definition) is 5. The lowest BCUT2D eigenvalue weighted by Gasteiger charge is -2.17. The third-order valence-electron chi connectivity index (χ3n) is 3.22. The molecule has 26 heavy (non-hydrogen) atoms. The number of hydrogen-bond donors (Lipinski definition) is 2. The Morgan fingerprint density at radius 1 is 1.31 bits per heavy atom. The molecule has 7 nitrogen and oxygen atoms in total. The van der Waals surface area contributed by atoms with Crippen molar-refractivity contribution in [1.82, 2.24) is 15.6 Å². The largest absolute Gasteiger partial charge is 0.475 e. The molecule has 0 fully saturated rings. The van der Waals surface area contributed by atoms with Gasteiger partial charge in [-0.25, -0.2) is 18.4 Å². The second-order valence-corrected chi connectivity index (χ2v) is 8.59. The number of nitrogens with one attached hydrogen (secondary N) is 2. The summed E-state index contributed by atoms with van der Waals surface area (Å²) in [5.41, 5.74) is 0.970. The van der Waals surface area contributed by atoms with E-state index in [4.69, 9.17) is 4.74 Å². The standard InChI is InChI=1S/C17H30N4O3S.HI/c1-6-18-17(21-14(4)9-10-25(5,22)23)20-12-15-7-8-16(19-11-15)24-13(2)3;/h7-8,11,13-14H,6,9-10,12H2,1-5H3,(H2,18,20,21);1H.